The van der Waals surface area contributed by atoms with Crippen LogP contribution in [-0.2, 0) is 0 Å². The molecule has 0 saturated carbocycles. The molecule has 0 aromatic carbocycles. The highest BCUT2D eigenvalue weighted by atomic mass is 16.3. The number of nitrogens with zero attached hydrogens (tertiary/aromatic N) is 1. The van der Waals surface area contributed by atoms with Gasteiger partial charge in [0.05, 0.1) is 6.10 Å². The number of rotatable bonds is 4. The van der Waals surface area contributed by atoms with Crippen LogP contribution in [0.4, 0.5) is 5.82 Å². The van der Waals surface area contributed by atoms with Gasteiger partial charge in [0.25, 0.3) is 0 Å². The third-order valence-electron chi connectivity index (χ3n) is 2.27. The molecule has 0 bridgehead atoms. The van der Waals surface area contributed by atoms with E-state index in [0.717, 1.165) is 5.56 Å². The van der Waals surface area contributed by atoms with E-state index in [1.165, 1.54) is 6.20 Å². The Labute approximate surface area is 88.2 Å². The third kappa shape index (κ3) is 2.89. The molecule has 1 heterocycles. The lowest BCUT2D eigenvalue weighted by Gasteiger charge is -2.17. The van der Waals surface area contributed by atoms with Crippen molar-refractivity contribution in [1.82, 2.24) is 4.98 Å². The van der Waals surface area contributed by atoms with Gasteiger partial charge in [-0.3, -0.25) is 0 Å². The maximum absolute atomic E-state index is 9.69. The smallest absolute Gasteiger partial charge is 0.126 e. The Hall–Kier alpha value is -1.17. The summed E-state index contributed by atoms with van der Waals surface area (Å²) < 4.78 is 0. The fraction of sp³-hybridized carbons (Fsp3) is 0.500. The van der Waals surface area contributed by atoms with Gasteiger partial charge in [-0.25, -0.2) is 4.98 Å². The number of pyridine rings is 1. The molecule has 0 fully saturated rings. The standard InChI is InChI=1S/C10H16N2O3/c1-6-4-7(5-12-10(6)11)9(15)8(14)2-3-13/h4-5,8-9,13-15H,2-3H2,1H3,(H2,11,12). The van der Waals surface area contributed by atoms with Gasteiger partial charge < -0.3 is 21.1 Å². The molecule has 0 spiro atoms. The summed E-state index contributed by atoms with van der Waals surface area (Å²) in [5.74, 6) is 0.405. The van der Waals surface area contributed by atoms with Crippen molar-refractivity contribution in [1.29, 1.82) is 0 Å². The van der Waals surface area contributed by atoms with Crippen LogP contribution in [0, 0.1) is 6.92 Å². The lowest BCUT2D eigenvalue weighted by atomic mass is 10.0. The van der Waals surface area contributed by atoms with Gasteiger partial charge >= 0.3 is 0 Å². The predicted octanol–water partition coefficient (Wildman–Crippen LogP) is -0.251. The van der Waals surface area contributed by atoms with Crippen LogP contribution in [0.3, 0.4) is 0 Å². The maximum Gasteiger partial charge on any atom is 0.126 e. The summed E-state index contributed by atoms with van der Waals surface area (Å²) in [5, 5.41) is 27.8. The predicted molar refractivity (Wildman–Crippen MR) is 56.1 cm³/mol. The SMILES string of the molecule is Cc1cc(C(O)C(O)CCO)cnc1N. The van der Waals surface area contributed by atoms with Crippen LogP contribution in [0.5, 0.6) is 0 Å². The van der Waals surface area contributed by atoms with Gasteiger partial charge in [-0.05, 0) is 25.0 Å². The lowest BCUT2D eigenvalue weighted by molar-refractivity contribution is 0.00403. The zero-order valence-corrected chi connectivity index (χ0v) is 8.59. The van der Waals surface area contributed by atoms with Gasteiger partial charge in [0.2, 0.25) is 0 Å². The Morgan fingerprint density at radius 3 is 2.67 bits per heavy atom. The zero-order valence-electron chi connectivity index (χ0n) is 8.59. The quantitative estimate of drug-likeness (QED) is 0.551. The molecule has 1 aromatic rings. The molecule has 15 heavy (non-hydrogen) atoms. The first-order chi connectivity index (χ1) is 7.06. The Morgan fingerprint density at radius 1 is 1.47 bits per heavy atom. The van der Waals surface area contributed by atoms with Crippen molar-refractivity contribution < 1.29 is 15.3 Å². The second-order valence-electron chi connectivity index (χ2n) is 3.50. The Balaban J connectivity index is 2.81. The molecule has 0 aliphatic heterocycles. The fourth-order valence-corrected chi connectivity index (χ4v) is 1.28. The first-order valence-corrected chi connectivity index (χ1v) is 4.75. The van der Waals surface area contributed by atoms with Crippen LogP contribution in [0.1, 0.15) is 23.7 Å². The van der Waals surface area contributed by atoms with Crippen molar-refractivity contribution in [3.63, 3.8) is 0 Å². The third-order valence-corrected chi connectivity index (χ3v) is 2.27. The van der Waals surface area contributed by atoms with Gasteiger partial charge in [0, 0.05) is 18.4 Å². The molecule has 84 valence electrons. The minimum atomic E-state index is -1.04. The summed E-state index contributed by atoms with van der Waals surface area (Å²) >= 11 is 0. The molecule has 0 amide bonds. The van der Waals surface area contributed by atoms with Gasteiger partial charge in [0.1, 0.15) is 11.9 Å². The second kappa shape index (κ2) is 5.06. The molecule has 0 radical (unpaired) electrons. The molecule has 2 unspecified atom stereocenters. The van der Waals surface area contributed by atoms with Gasteiger partial charge in [0.15, 0.2) is 0 Å². The number of nitrogens with two attached hydrogens (primary N) is 1. The highest BCUT2D eigenvalue weighted by molar-refractivity contribution is 5.40. The van der Waals surface area contributed by atoms with Crippen molar-refractivity contribution in [2.45, 2.75) is 25.6 Å². The molecule has 1 aromatic heterocycles. The molecule has 0 aliphatic carbocycles. The van der Waals surface area contributed by atoms with Gasteiger partial charge in [-0.2, -0.15) is 0 Å². The van der Waals surface area contributed by atoms with Crippen LogP contribution in [-0.4, -0.2) is 33.0 Å². The Kier molecular flexibility index (Phi) is 4.02. The summed E-state index contributed by atoms with van der Waals surface area (Å²) in [4.78, 5) is 3.89. The van der Waals surface area contributed by atoms with E-state index < -0.39 is 12.2 Å². The number of aliphatic hydroxyl groups is 3. The second-order valence-corrected chi connectivity index (χ2v) is 3.50. The zero-order chi connectivity index (χ0) is 11.4. The number of aromatic nitrogens is 1. The number of anilines is 1. The number of hydrogen-bond donors (Lipinski definition) is 4. The molecular formula is C10H16N2O3. The summed E-state index contributed by atoms with van der Waals surface area (Å²) in [5.41, 5.74) is 6.78. The fourth-order valence-electron chi connectivity index (χ4n) is 1.28. The molecule has 5 nitrogen and oxygen atoms in total. The minimum Gasteiger partial charge on any atom is -0.396 e. The van der Waals surface area contributed by atoms with E-state index in [9.17, 15) is 10.2 Å². The van der Waals surface area contributed by atoms with E-state index in [1.54, 1.807) is 13.0 Å². The topological polar surface area (TPSA) is 99.6 Å². The highest BCUT2D eigenvalue weighted by Gasteiger charge is 2.18. The molecule has 0 aliphatic rings. The van der Waals surface area contributed by atoms with Crippen LogP contribution in [0.2, 0.25) is 0 Å². The maximum atomic E-state index is 9.69. The van der Waals surface area contributed by atoms with Gasteiger partial charge in [-0.15, -0.1) is 0 Å². The summed E-state index contributed by atoms with van der Waals surface area (Å²) in [6.45, 7) is 1.61. The van der Waals surface area contributed by atoms with E-state index in [1.807, 2.05) is 0 Å². The first-order valence-electron chi connectivity index (χ1n) is 4.75. The number of aliphatic hydroxyl groups excluding tert-OH is 3. The van der Waals surface area contributed by atoms with Crippen LogP contribution < -0.4 is 5.73 Å². The van der Waals surface area contributed by atoms with Crippen LogP contribution >= 0.6 is 0 Å². The largest absolute Gasteiger partial charge is 0.396 e. The minimum absolute atomic E-state index is 0.130. The van der Waals surface area contributed by atoms with Crippen LogP contribution in [0.15, 0.2) is 12.3 Å². The Bertz CT molecular complexity index is 330. The molecular weight excluding hydrogens is 196 g/mol. The van der Waals surface area contributed by atoms with Crippen molar-refractivity contribution >= 4 is 5.82 Å². The average molecular weight is 212 g/mol. The molecule has 5 heteroatoms. The Morgan fingerprint density at radius 2 is 2.13 bits per heavy atom. The lowest BCUT2D eigenvalue weighted by Crippen LogP contribution is -2.19. The summed E-state index contributed by atoms with van der Waals surface area (Å²) in [6.07, 6.45) is -0.471. The number of nitrogen functional groups attached to an aromatic ring is 1. The van der Waals surface area contributed by atoms with E-state index in [2.05, 4.69) is 4.98 Å². The van der Waals surface area contributed by atoms with Crippen molar-refractivity contribution in [3.8, 4) is 0 Å². The highest BCUT2D eigenvalue weighted by Crippen LogP contribution is 2.20. The van der Waals surface area contributed by atoms with E-state index in [-0.39, 0.29) is 13.0 Å². The van der Waals surface area contributed by atoms with Crippen molar-refractivity contribution in [3.05, 3.63) is 23.4 Å². The first kappa shape index (κ1) is 11.9. The molecule has 2 atom stereocenters. The van der Waals surface area contributed by atoms with Crippen molar-refractivity contribution in [2.24, 2.45) is 0 Å². The molecule has 1 rings (SSSR count). The number of aryl methyl sites for hydroxylation is 1. The monoisotopic (exact) mass is 212 g/mol. The van der Waals surface area contributed by atoms with Crippen LogP contribution in [0.25, 0.3) is 0 Å². The summed E-state index contributed by atoms with van der Waals surface area (Å²) in [6, 6.07) is 1.67. The van der Waals surface area contributed by atoms with E-state index in [0.29, 0.717) is 11.4 Å². The average Bonchev–Trinajstić information content (AvgIpc) is 2.21. The van der Waals surface area contributed by atoms with E-state index >= 15 is 0 Å². The summed E-state index contributed by atoms with van der Waals surface area (Å²) in [7, 11) is 0. The van der Waals surface area contributed by atoms with E-state index in [4.69, 9.17) is 10.8 Å². The van der Waals surface area contributed by atoms with Crippen molar-refractivity contribution in [2.75, 3.05) is 12.3 Å². The normalized spacial score (nSPS) is 14.9. The molecule has 0 saturated heterocycles. The number of hydrogen-bond acceptors (Lipinski definition) is 5. The molecule has 5 N–H and O–H groups in total. The van der Waals surface area contributed by atoms with Gasteiger partial charge in [-0.1, -0.05) is 0 Å².